The third-order valence-electron chi connectivity index (χ3n) is 4.16. The molecule has 1 aromatic carbocycles. The number of hydrogen-bond donors (Lipinski definition) is 1. The zero-order chi connectivity index (χ0) is 22.8. The average Bonchev–Trinajstić information content (AvgIpc) is 3.10. The molecule has 12 heteroatoms. The first-order valence-corrected chi connectivity index (χ1v) is 9.72. The van der Waals surface area contributed by atoms with Gasteiger partial charge in [0.25, 0.3) is 5.56 Å². The number of nitrogens with one attached hydrogen (secondary N) is 1. The number of alkyl halides is 3. The van der Waals surface area contributed by atoms with E-state index in [-0.39, 0.29) is 16.8 Å². The molecule has 3 rings (SSSR count). The third kappa shape index (κ3) is 4.95. The second kappa shape index (κ2) is 8.92. The molecule has 3 aromatic rings. The monoisotopic (exact) mass is 457 g/mol. The maximum Gasteiger partial charge on any atom is 0.433 e. The van der Waals surface area contributed by atoms with E-state index in [9.17, 15) is 18.0 Å². The van der Waals surface area contributed by atoms with E-state index in [1.54, 1.807) is 19.1 Å². The van der Waals surface area contributed by atoms with Crippen molar-refractivity contribution in [2.75, 3.05) is 21.3 Å². The Morgan fingerprint density at radius 3 is 2.26 bits per heavy atom. The Hall–Kier alpha value is -3.15. The van der Waals surface area contributed by atoms with Crippen molar-refractivity contribution in [1.29, 1.82) is 0 Å². The Kier molecular flexibility index (Phi) is 6.48. The van der Waals surface area contributed by atoms with Crippen LogP contribution in [-0.2, 0) is 11.9 Å². The van der Waals surface area contributed by atoms with Crippen LogP contribution in [-0.4, -0.2) is 36.3 Å². The minimum absolute atomic E-state index is 0.129. The number of hydrogen-bond acceptors (Lipinski definition) is 8. The van der Waals surface area contributed by atoms with Crippen LogP contribution in [0, 0.1) is 6.92 Å². The van der Waals surface area contributed by atoms with Crippen LogP contribution < -0.4 is 19.8 Å². The summed E-state index contributed by atoms with van der Waals surface area (Å²) in [5, 5.41) is -0.170. The van der Waals surface area contributed by atoms with E-state index >= 15 is 0 Å². The van der Waals surface area contributed by atoms with Gasteiger partial charge in [0.05, 0.1) is 27.0 Å². The molecule has 0 atom stereocenters. The van der Waals surface area contributed by atoms with Gasteiger partial charge >= 0.3 is 6.18 Å². The number of aromatic amines is 1. The first kappa shape index (κ1) is 22.5. The van der Waals surface area contributed by atoms with Crippen molar-refractivity contribution in [3.63, 3.8) is 0 Å². The number of halogens is 3. The molecule has 0 bridgehead atoms. The van der Waals surface area contributed by atoms with Crippen molar-refractivity contribution in [2.24, 2.45) is 0 Å². The summed E-state index contributed by atoms with van der Waals surface area (Å²) in [5.74, 6) is 2.09. The fraction of sp³-hybridized carbons (Fsp3) is 0.316. The van der Waals surface area contributed by atoms with E-state index in [1.807, 2.05) is 0 Å². The molecule has 2 aromatic heterocycles. The van der Waals surface area contributed by atoms with E-state index in [1.165, 1.54) is 21.3 Å². The molecule has 0 aliphatic rings. The van der Waals surface area contributed by atoms with Gasteiger partial charge in [0.15, 0.2) is 22.3 Å². The van der Waals surface area contributed by atoms with E-state index in [0.29, 0.717) is 40.3 Å². The number of thioether (sulfide) groups is 1. The van der Waals surface area contributed by atoms with Gasteiger partial charge in [-0.25, -0.2) is 9.97 Å². The molecule has 0 aliphatic carbocycles. The van der Waals surface area contributed by atoms with E-state index in [2.05, 4.69) is 15.0 Å². The number of aryl methyl sites for hydroxylation is 1. The van der Waals surface area contributed by atoms with E-state index in [0.717, 1.165) is 11.8 Å². The fourth-order valence-corrected chi connectivity index (χ4v) is 3.55. The largest absolute Gasteiger partial charge is 0.493 e. The number of H-pyrrole nitrogens is 1. The van der Waals surface area contributed by atoms with Crippen LogP contribution in [0.2, 0.25) is 0 Å². The fourth-order valence-electron chi connectivity index (χ4n) is 2.68. The maximum atomic E-state index is 12.9. The molecule has 166 valence electrons. The first-order valence-electron chi connectivity index (χ1n) is 8.74. The standard InChI is InChI=1S/C19H18F3N3O5S/c1-9-11(8-31-18-24-14(19(20,21)22)7-15(26)25-18)23-17(30-9)10-5-12(27-2)16(29-4)13(6-10)28-3/h5-7H,8H2,1-4H3,(H,24,25,26). The zero-order valence-corrected chi connectivity index (χ0v) is 17.7. The van der Waals surface area contributed by atoms with Crippen LogP contribution in [0.5, 0.6) is 17.2 Å². The lowest BCUT2D eigenvalue weighted by Crippen LogP contribution is -2.16. The Morgan fingerprint density at radius 1 is 1.06 bits per heavy atom. The highest BCUT2D eigenvalue weighted by atomic mass is 32.2. The topological polar surface area (TPSA) is 99.5 Å². The first-order chi connectivity index (χ1) is 14.7. The number of benzene rings is 1. The smallest absolute Gasteiger partial charge is 0.433 e. The number of aromatic nitrogens is 3. The lowest BCUT2D eigenvalue weighted by atomic mass is 10.2. The third-order valence-corrected chi connectivity index (χ3v) is 5.04. The van der Waals surface area contributed by atoms with Crippen LogP contribution in [0.4, 0.5) is 13.2 Å². The van der Waals surface area contributed by atoms with Crippen LogP contribution in [0.3, 0.4) is 0 Å². The van der Waals surface area contributed by atoms with Gasteiger partial charge in [-0.15, -0.1) is 0 Å². The molecule has 0 unspecified atom stereocenters. The van der Waals surface area contributed by atoms with Crippen LogP contribution >= 0.6 is 11.8 Å². The van der Waals surface area contributed by atoms with Gasteiger partial charge in [0, 0.05) is 17.4 Å². The van der Waals surface area contributed by atoms with Crippen molar-refractivity contribution < 1.29 is 31.8 Å². The van der Waals surface area contributed by atoms with Crippen LogP contribution in [0.1, 0.15) is 17.1 Å². The SMILES string of the molecule is COc1cc(-c2nc(CSc3nc(C(F)(F)F)cc(=O)[nH]3)c(C)o2)cc(OC)c1OC. The molecule has 31 heavy (non-hydrogen) atoms. The summed E-state index contributed by atoms with van der Waals surface area (Å²) in [4.78, 5) is 21.7. The molecule has 0 saturated carbocycles. The van der Waals surface area contributed by atoms with Gasteiger partial charge in [-0.2, -0.15) is 13.2 Å². The number of ether oxygens (including phenoxy) is 3. The van der Waals surface area contributed by atoms with Crippen LogP contribution in [0.25, 0.3) is 11.5 Å². The molecule has 0 aliphatic heterocycles. The van der Waals surface area contributed by atoms with Crippen molar-refractivity contribution in [3.05, 3.63) is 45.7 Å². The van der Waals surface area contributed by atoms with Crippen molar-refractivity contribution >= 4 is 11.8 Å². The minimum atomic E-state index is -4.72. The summed E-state index contributed by atoms with van der Waals surface area (Å²) in [5.41, 5.74) is -1.11. The summed E-state index contributed by atoms with van der Waals surface area (Å²) in [6, 6.07) is 3.73. The van der Waals surface area contributed by atoms with Crippen molar-refractivity contribution in [3.8, 4) is 28.7 Å². The summed E-state index contributed by atoms with van der Waals surface area (Å²) in [6.45, 7) is 1.67. The number of rotatable bonds is 7. The summed E-state index contributed by atoms with van der Waals surface area (Å²) in [7, 11) is 4.44. The Balaban J connectivity index is 1.88. The van der Waals surface area contributed by atoms with Gasteiger partial charge in [0.1, 0.15) is 5.76 Å². The second-order valence-electron chi connectivity index (χ2n) is 6.16. The highest BCUT2D eigenvalue weighted by Gasteiger charge is 2.33. The molecule has 0 saturated heterocycles. The summed E-state index contributed by atoms with van der Waals surface area (Å²) < 4.78 is 60.2. The summed E-state index contributed by atoms with van der Waals surface area (Å²) >= 11 is 0.903. The molecule has 2 heterocycles. The maximum absolute atomic E-state index is 12.9. The van der Waals surface area contributed by atoms with Gasteiger partial charge in [0.2, 0.25) is 11.6 Å². The average molecular weight is 457 g/mol. The van der Waals surface area contributed by atoms with Crippen molar-refractivity contribution in [2.45, 2.75) is 24.0 Å². The van der Waals surface area contributed by atoms with E-state index < -0.39 is 17.4 Å². The van der Waals surface area contributed by atoms with E-state index in [4.69, 9.17) is 18.6 Å². The Labute approximate surface area is 178 Å². The summed E-state index contributed by atoms with van der Waals surface area (Å²) in [6.07, 6.45) is -4.72. The molecule has 1 N–H and O–H groups in total. The molecular formula is C19H18F3N3O5S. The molecule has 8 nitrogen and oxygen atoms in total. The number of nitrogens with zero attached hydrogens (tertiary/aromatic N) is 2. The van der Waals surface area contributed by atoms with Crippen LogP contribution in [0.15, 0.2) is 32.6 Å². The Bertz CT molecular complexity index is 1120. The molecule has 0 fully saturated rings. The Morgan fingerprint density at radius 2 is 1.71 bits per heavy atom. The van der Waals surface area contributed by atoms with Crippen molar-refractivity contribution in [1.82, 2.24) is 15.0 Å². The zero-order valence-electron chi connectivity index (χ0n) is 16.9. The normalized spacial score (nSPS) is 11.5. The van der Waals surface area contributed by atoms with Gasteiger partial charge in [-0.3, -0.25) is 4.79 Å². The van der Waals surface area contributed by atoms with Gasteiger partial charge < -0.3 is 23.6 Å². The van der Waals surface area contributed by atoms with Gasteiger partial charge in [-0.05, 0) is 19.1 Å². The quantitative estimate of drug-likeness (QED) is 0.419. The van der Waals surface area contributed by atoms with Gasteiger partial charge in [-0.1, -0.05) is 11.8 Å². The lowest BCUT2D eigenvalue weighted by Gasteiger charge is -2.12. The second-order valence-corrected chi connectivity index (χ2v) is 7.12. The highest BCUT2D eigenvalue weighted by molar-refractivity contribution is 7.98. The predicted molar refractivity (Wildman–Crippen MR) is 106 cm³/mol. The molecule has 0 radical (unpaired) electrons. The predicted octanol–water partition coefficient (Wildman–Crippen LogP) is 4.07. The molecular weight excluding hydrogens is 439 g/mol. The number of oxazole rings is 1. The number of methoxy groups -OCH3 is 3. The minimum Gasteiger partial charge on any atom is -0.493 e. The molecule has 0 amide bonds. The molecule has 0 spiro atoms. The highest BCUT2D eigenvalue weighted by Crippen LogP contribution is 2.41. The lowest BCUT2D eigenvalue weighted by molar-refractivity contribution is -0.141.